The number of nitrogens with zero attached hydrogens (tertiary/aromatic N) is 2. The molecule has 1 fully saturated rings. The van der Waals surface area contributed by atoms with Crippen LogP contribution < -0.4 is 5.32 Å². The molecule has 3 rings (SSSR count). The van der Waals surface area contributed by atoms with Gasteiger partial charge in [-0.25, -0.2) is 4.98 Å². The summed E-state index contributed by atoms with van der Waals surface area (Å²) in [5.74, 6) is -0.0803. The number of amides is 1. The van der Waals surface area contributed by atoms with Gasteiger partial charge in [-0.1, -0.05) is 19.3 Å². The summed E-state index contributed by atoms with van der Waals surface area (Å²) in [6, 6.07) is 2.12. The quantitative estimate of drug-likeness (QED) is 0.914. The summed E-state index contributed by atoms with van der Waals surface area (Å²) in [4.78, 5) is 17.7. The second-order valence-corrected chi connectivity index (χ2v) is 6.83. The highest BCUT2D eigenvalue weighted by Crippen LogP contribution is 2.28. The lowest BCUT2D eigenvalue weighted by Crippen LogP contribution is -2.36. The van der Waals surface area contributed by atoms with Crippen molar-refractivity contribution in [3.05, 3.63) is 22.5 Å². The van der Waals surface area contributed by atoms with Gasteiger partial charge in [0, 0.05) is 6.04 Å². The minimum atomic E-state index is -0.0803. The van der Waals surface area contributed by atoms with Crippen molar-refractivity contribution >= 4 is 17.2 Å². The van der Waals surface area contributed by atoms with Crippen molar-refractivity contribution in [2.24, 2.45) is 0 Å². The molecule has 1 amide bonds. The fourth-order valence-electron chi connectivity index (χ4n) is 2.84. The van der Waals surface area contributed by atoms with E-state index in [-0.39, 0.29) is 5.91 Å². The van der Waals surface area contributed by atoms with Crippen LogP contribution in [0.3, 0.4) is 0 Å². The summed E-state index contributed by atoms with van der Waals surface area (Å²) in [7, 11) is 0. The fraction of sp³-hybridized carbons (Fsp3) is 0.533. The predicted octanol–water partition coefficient (Wildman–Crippen LogP) is 3.21. The number of aryl methyl sites for hydroxylation is 2. The van der Waals surface area contributed by atoms with E-state index in [1.165, 1.54) is 19.3 Å². The maximum Gasteiger partial charge on any atom is 0.272 e. The average molecular weight is 304 g/mol. The van der Waals surface area contributed by atoms with Gasteiger partial charge in [0.25, 0.3) is 5.91 Å². The molecule has 1 aliphatic carbocycles. The molecular formula is C15H20N4OS. The van der Waals surface area contributed by atoms with Gasteiger partial charge in [-0.05, 0) is 32.8 Å². The van der Waals surface area contributed by atoms with Gasteiger partial charge < -0.3 is 5.32 Å². The number of hydrogen-bond acceptors (Lipinski definition) is 4. The zero-order chi connectivity index (χ0) is 14.8. The molecule has 0 atom stereocenters. The van der Waals surface area contributed by atoms with Gasteiger partial charge in [0.2, 0.25) is 0 Å². The number of rotatable bonds is 3. The number of carbonyl (C=O) groups excluding carboxylic acids is 1. The van der Waals surface area contributed by atoms with Crippen LogP contribution in [0.2, 0.25) is 0 Å². The predicted molar refractivity (Wildman–Crippen MR) is 83.5 cm³/mol. The number of thiazole rings is 1. The molecule has 0 saturated heterocycles. The molecule has 2 N–H and O–H groups in total. The highest BCUT2D eigenvalue weighted by molar-refractivity contribution is 7.15. The third-order valence-corrected chi connectivity index (χ3v) is 5.01. The van der Waals surface area contributed by atoms with Gasteiger partial charge in [-0.3, -0.25) is 9.89 Å². The minimum Gasteiger partial charge on any atom is -0.348 e. The van der Waals surface area contributed by atoms with Crippen LogP contribution in [-0.2, 0) is 0 Å². The number of aromatic nitrogens is 3. The number of carbonyl (C=O) groups is 1. The maximum atomic E-state index is 12.2. The van der Waals surface area contributed by atoms with E-state index < -0.39 is 0 Å². The first kappa shape index (κ1) is 14.3. The van der Waals surface area contributed by atoms with Crippen LogP contribution in [0.4, 0.5) is 0 Å². The standard InChI is InChI=1S/C15H20N4OS/c1-9-14(21-10(2)16-9)12-8-13(19-18-12)15(20)17-11-6-4-3-5-7-11/h8,11H,3-7H2,1-2H3,(H,17,20)(H,18,19). The van der Waals surface area contributed by atoms with E-state index >= 15 is 0 Å². The molecule has 0 aliphatic heterocycles. The molecule has 112 valence electrons. The first-order valence-corrected chi connectivity index (χ1v) is 8.26. The zero-order valence-corrected chi connectivity index (χ0v) is 13.2. The molecule has 0 bridgehead atoms. The van der Waals surface area contributed by atoms with Crippen LogP contribution in [0, 0.1) is 13.8 Å². The van der Waals surface area contributed by atoms with Crippen molar-refractivity contribution in [1.29, 1.82) is 0 Å². The van der Waals surface area contributed by atoms with Crippen LogP contribution >= 0.6 is 11.3 Å². The zero-order valence-electron chi connectivity index (χ0n) is 12.4. The van der Waals surface area contributed by atoms with E-state index in [0.29, 0.717) is 11.7 Å². The first-order valence-electron chi connectivity index (χ1n) is 7.44. The number of aromatic amines is 1. The Morgan fingerprint density at radius 2 is 2.10 bits per heavy atom. The highest BCUT2D eigenvalue weighted by atomic mass is 32.1. The molecule has 5 nitrogen and oxygen atoms in total. The molecule has 21 heavy (non-hydrogen) atoms. The molecule has 0 unspecified atom stereocenters. The van der Waals surface area contributed by atoms with Crippen molar-refractivity contribution in [3.8, 4) is 10.6 Å². The Balaban J connectivity index is 1.72. The van der Waals surface area contributed by atoms with Crippen LogP contribution in [-0.4, -0.2) is 27.1 Å². The summed E-state index contributed by atoms with van der Waals surface area (Å²) in [5, 5.41) is 11.2. The molecule has 2 heterocycles. The average Bonchev–Trinajstić information content (AvgIpc) is 3.06. The molecular weight excluding hydrogens is 284 g/mol. The van der Waals surface area contributed by atoms with Crippen molar-refractivity contribution in [1.82, 2.24) is 20.5 Å². The van der Waals surface area contributed by atoms with E-state index in [0.717, 1.165) is 34.1 Å². The summed E-state index contributed by atoms with van der Waals surface area (Å²) >= 11 is 1.61. The summed E-state index contributed by atoms with van der Waals surface area (Å²) in [6.07, 6.45) is 5.85. The molecule has 0 spiro atoms. The third kappa shape index (κ3) is 3.15. The van der Waals surface area contributed by atoms with E-state index in [2.05, 4.69) is 20.5 Å². The maximum absolute atomic E-state index is 12.2. The van der Waals surface area contributed by atoms with Crippen molar-refractivity contribution in [2.45, 2.75) is 52.0 Å². The Morgan fingerprint density at radius 3 is 2.76 bits per heavy atom. The fourth-order valence-corrected chi connectivity index (χ4v) is 3.73. The SMILES string of the molecule is Cc1nc(C)c(-c2cc(C(=O)NC3CCCCC3)n[nH]2)s1. The molecule has 2 aromatic heterocycles. The summed E-state index contributed by atoms with van der Waals surface area (Å²) in [5.41, 5.74) is 2.30. The Labute approximate surface area is 128 Å². The van der Waals surface area contributed by atoms with Crippen molar-refractivity contribution < 1.29 is 4.79 Å². The Bertz CT molecular complexity index is 640. The van der Waals surface area contributed by atoms with Crippen LogP contribution in [0.5, 0.6) is 0 Å². The van der Waals surface area contributed by atoms with Crippen molar-refractivity contribution in [3.63, 3.8) is 0 Å². The lowest BCUT2D eigenvalue weighted by molar-refractivity contribution is 0.0922. The third-order valence-electron chi connectivity index (χ3n) is 3.90. The van der Waals surface area contributed by atoms with E-state index in [4.69, 9.17) is 0 Å². The number of H-pyrrole nitrogens is 1. The Kier molecular flexibility index (Phi) is 4.05. The number of nitrogens with one attached hydrogen (secondary N) is 2. The van der Waals surface area contributed by atoms with Crippen molar-refractivity contribution in [2.75, 3.05) is 0 Å². The monoisotopic (exact) mass is 304 g/mol. The second-order valence-electron chi connectivity index (χ2n) is 5.62. The van der Waals surface area contributed by atoms with Gasteiger partial charge >= 0.3 is 0 Å². The smallest absolute Gasteiger partial charge is 0.272 e. The van der Waals surface area contributed by atoms with Crippen LogP contribution in [0.15, 0.2) is 6.07 Å². The molecule has 0 aromatic carbocycles. The Morgan fingerprint density at radius 1 is 1.33 bits per heavy atom. The van der Waals surface area contributed by atoms with E-state index in [9.17, 15) is 4.79 Å². The van der Waals surface area contributed by atoms with Gasteiger partial charge in [-0.2, -0.15) is 5.10 Å². The van der Waals surface area contributed by atoms with Crippen LogP contribution in [0.25, 0.3) is 10.6 Å². The molecule has 1 aliphatic rings. The molecule has 6 heteroatoms. The van der Waals surface area contributed by atoms with Gasteiger partial charge in [0.15, 0.2) is 5.69 Å². The largest absolute Gasteiger partial charge is 0.348 e. The summed E-state index contributed by atoms with van der Waals surface area (Å²) in [6.45, 7) is 3.95. The highest BCUT2D eigenvalue weighted by Gasteiger charge is 2.19. The number of hydrogen-bond donors (Lipinski definition) is 2. The lowest BCUT2D eigenvalue weighted by Gasteiger charge is -2.22. The Hall–Kier alpha value is -1.69. The van der Waals surface area contributed by atoms with Gasteiger partial charge in [0.1, 0.15) is 0 Å². The van der Waals surface area contributed by atoms with E-state index in [1.54, 1.807) is 11.3 Å². The van der Waals surface area contributed by atoms with Crippen LogP contribution in [0.1, 0.15) is 53.3 Å². The molecule has 0 radical (unpaired) electrons. The van der Waals surface area contributed by atoms with Gasteiger partial charge in [-0.15, -0.1) is 11.3 Å². The first-order chi connectivity index (χ1) is 10.1. The normalized spacial score (nSPS) is 16.1. The second kappa shape index (κ2) is 5.97. The molecule has 2 aromatic rings. The lowest BCUT2D eigenvalue weighted by atomic mass is 9.95. The van der Waals surface area contributed by atoms with Gasteiger partial charge in [0.05, 0.1) is 21.3 Å². The molecule has 1 saturated carbocycles. The minimum absolute atomic E-state index is 0.0803. The topological polar surface area (TPSA) is 70.7 Å². The van der Waals surface area contributed by atoms with E-state index in [1.807, 2.05) is 19.9 Å². The summed E-state index contributed by atoms with van der Waals surface area (Å²) < 4.78 is 0.